The molecule has 6 saturated heterocycles. The van der Waals surface area contributed by atoms with E-state index in [0.717, 1.165) is 88.4 Å². The maximum atomic E-state index is 7.60. The summed E-state index contributed by atoms with van der Waals surface area (Å²) >= 11 is 0. The van der Waals surface area contributed by atoms with Gasteiger partial charge in [0.25, 0.3) is 0 Å². The van der Waals surface area contributed by atoms with Crippen LogP contribution in [0.5, 0.6) is 0 Å². The standard InChI is InChI=1S/C68H128N14O4/c1-57(2)33-47(34-58(3,4)73(57)25)79(53-45-69-81(85-51-41-65(17,18)77(29)66(19,20)42-51)71-55(53)83-49-37-61(9,10)75(27)62(11,12)38-49)31-32-80(48-35-59(5,6)74(26)60(7,8)36-48)54-46-70-82(86-52-43-67(21,22)78(30)68(23,24)44-52)72-56(54)84-50-39-63(13,14)76(28)64(15,16)40-50/h45-52,71-72H,31-44H2,1-30H3. The molecular weight excluding hydrogens is 1080 g/mol. The molecule has 0 spiro atoms. The summed E-state index contributed by atoms with van der Waals surface area (Å²) in [7, 11) is 13.7. The van der Waals surface area contributed by atoms with Crippen LogP contribution in [0.25, 0.3) is 0 Å². The molecule has 494 valence electrons. The Kier molecular flexibility index (Phi) is 18.3. The van der Waals surface area contributed by atoms with Gasteiger partial charge in [-0.2, -0.15) is 0 Å². The normalized spacial score (nSPS) is 30.1. The van der Waals surface area contributed by atoms with Crippen molar-refractivity contribution in [1.29, 1.82) is 0 Å². The summed E-state index contributed by atoms with van der Waals surface area (Å²) in [6.45, 7) is 58.1. The molecular formula is C68H128N14O4. The SMILES string of the molecule is CN1C(C)(C)CC(OC2=C(N(CCN(C3=C(OC4CC(C)(C)N(C)C(C)(C)C4)NN(OC4CC(C)(C)N(C)C(C)(C)C4)N=C3)C3CC(C)(C)N(C)C(C)(C)C3)C3CC(C)(C)N(C)C(C)(C)C3)C=NN(OC3CC(C)(C)N(C)C(C)(C)C3)N2)CC1(C)C. The Morgan fingerprint density at radius 2 is 0.535 bits per heavy atom. The summed E-state index contributed by atoms with van der Waals surface area (Å²) in [6.07, 6.45) is 14.5. The molecule has 0 saturated carbocycles. The van der Waals surface area contributed by atoms with E-state index in [9.17, 15) is 0 Å². The summed E-state index contributed by atoms with van der Waals surface area (Å²) in [5, 5.41) is 13.7. The van der Waals surface area contributed by atoms with Crippen LogP contribution in [-0.2, 0) is 19.1 Å². The number of hydrogen-bond donors (Lipinski definition) is 2. The summed E-state index contributed by atoms with van der Waals surface area (Å²) in [6, 6.07) is 0.245. The Balaban J connectivity index is 1.26. The molecule has 18 nitrogen and oxygen atoms in total. The summed E-state index contributed by atoms with van der Waals surface area (Å²) < 4.78 is 15.2. The van der Waals surface area contributed by atoms with E-state index in [-0.39, 0.29) is 103 Å². The molecule has 8 heterocycles. The van der Waals surface area contributed by atoms with E-state index in [1.165, 1.54) is 0 Å². The number of nitrogens with zero attached hydrogens (tertiary/aromatic N) is 12. The van der Waals surface area contributed by atoms with Gasteiger partial charge < -0.3 is 19.3 Å². The molecule has 0 amide bonds. The third kappa shape index (κ3) is 14.0. The molecule has 0 aliphatic carbocycles. The van der Waals surface area contributed by atoms with Gasteiger partial charge in [-0.1, -0.05) is 10.6 Å². The molecule has 8 rings (SSSR count). The van der Waals surface area contributed by atoms with Crippen LogP contribution in [0.4, 0.5) is 0 Å². The minimum Gasteiger partial charge on any atom is -0.473 e. The van der Waals surface area contributed by atoms with Gasteiger partial charge >= 0.3 is 0 Å². The first-order valence-electron chi connectivity index (χ1n) is 33.3. The predicted octanol–water partition coefficient (Wildman–Crippen LogP) is 11.3. The van der Waals surface area contributed by atoms with E-state index in [2.05, 4.69) is 271 Å². The minimum absolute atomic E-state index is 0.0699. The molecule has 8 aliphatic rings. The van der Waals surface area contributed by atoms with E-state index in [4.69, 9.17) is 29.4 Å². The zero-order chi connectivity index (χ0) is 64.5. The minimum atomic E-state index is -0.112. The Hall–Kier alpha value is -3.10. The van der Waals surface area contributed by atoms with Gasteiger partial charge in [0.15, 0.2) is 0 Å². The number of likely N-dealkylation sites (tertiary alicyclic amines) is 6. The Bertz CT molecular complexity index is 2280. The van der Waals surface area contributed by atoms with Gasteiger partial charge in [-0.3, -0.25) is 29.4 Å². The fraction of sp³-hybridized carbons (Fsp3) is 0.912. The molecule has 0 aromatic carbocycles. The van der Waals surface area contributed by atoms with Crippen LogP contribution in [0, 0.1) is 0 Å². The molecule has 0 unspecified atom stereocenters. The number of hydrazine groups is 2. The number of piperidine rings is 6. The smallest absolute Gasteiger partial charge is 0.235 e. The molecule has 0 radical (unpaired) electrons. The number of ether oxygens (including phenoxy) is 2. The van der Waals surface area contributed by atoms with E-state index in [1.54, 1.807) is 10.6 Å². The van der Waals surface area contributed by atoms with Crippen molar-refractivity contribution in [2.75, 3.05) is 55.4 Å². The topological polar surface area (TPSA) is 118 Å². The van der Waals surface area contributed by atoms with Crippen molar-refractivity contribution >= 4 is 12.4 Å². The number of allylic oxidation sites excluding steroid dienone is 2. The molecule has 0 bridgehead atoms. The van der Waals surface area contributed by atoms with E-state index < -0.39 is 0 Å². The van der Waals surface area contributed by atoms with Gasteiger partial charge in [-0.05, 0) is 260 Å². The van der Waals surface area contributed by atoms with Crippen molar-refractivity contribution in [2.45, 2.75) is 346 Å². The van der Waals surface area contributed by atoms with Crippen LogP contribution < -0.4 is 10.9 Å². The number of nitrogens with one attached hydrogen (secondary N) is 2. The molecule has 86 heavy (non-hydrogen) atoms. The fourth-order valence-corrected chi connectivity index (χ4v) is 17.7. The second-order valence-electron chi connectivity index (χ2n) is 35.9. The third-order valence-electron chi connectivity index (χ3n) is 24.2. The Morgan fingerprint density at radius 3 is 0.756 bits per heavy atom. The lowest BCUT2D eigenvalue weighted by Gasteiger charge is -2.57. The van der Waals surface area contributed by atoms with E-state index >= 15 is 0 Å². The van der Waals surface area contributed by atoms with Crippen molar-refractivity contribution < 1.29 is 19.1 Å². The average Bonchev–Trinajstić information content (AvgIpc) is 0.858. The third-order valence-corrected chi connectivity index (χ3v) is 24.2. The van der Waals surface area contributed by atoms with Crippen molar-refractivity contribution in [3.8, 4) is 0 Å². The lowest BCUT2D eigenvalue weighted by atomic mass is 9.76. The first kappa shape index (κ1) is 68.8. The van der Waals surface area contributed by atoms with E-state index in [0.29, 0.717) is 24.9 Å². The first-order chi connectivity index (χ1) is 38.9. The average molecular weight is 1210 g/mol. The van der Waals surface area contributed by atoms with Crippen molar-refractivity contribution in [1.82, 2.24) is 60.6 Å². The lowest BCUT2D eigenvalue weighted by molar-refractivity contribution is -0.259. The quantitative estimate of drug-likeness (QED) is 0.162. The monoisotopic (exact) mass is 1210 g/mol. The summed E-state index contributed by atoms with van der Waals surface area (Å²) in [4.78, 5) is 34.6. The van der Waals surface area contributed by atoms with Gasteiger partial charge in [0, 0.05) is 117 Å². The predicted molar refractivity (Wildman–Crippen MR) is 352 cm³/mol. The number of rotatable bonds is 15. The van der Waals surface area contributed by atoms with Crippen LogP contribution in [-0.4, -0.2) is 221 Å². The Labute approximate surface area is 524 Å². The largest absolute Gasteiger partial charge is 0.473 e. The maximum Gasteiger partial charge on any atom is 0.235 e. The highest BCUT2D eigenvalue weighted by atomic mass is 16.8. The highest BCUT2D eigenvalue weighted by Crippen LogP contribution is 2.47. The van der Waals surface area contributed by atoms with Gasteiger partial charge in [0.05, 0.1) is 24.6 Å². The van der Waals surface area contributed by atoms with Gasteiger partial charge in [-0.25, -0.2) is 20.5 Å². The summed E-state index contributed by atoms with van der Waals surface area (Å²) in [5.41, 5.74) is 8.27. The second-order valence-corrected chi connectivity index (χ2v) is 35.9. The van der Waals surface area contributed by atoms with Crippen LogP contribution in [0.3, 0.4) is 0 Å². The van der Waals surface area contributed by atoms with Gasteiger partial charge in [0.2, 0.25) is 11.8 Å². The molecule has 0 aromatic rings. The highest BCUT2D eigenvalue weighted by molar-refractivity contribution is 5.79. The van der Waals surface area contributed by atoms with Crippen LogP contribution in [0.1, 0.15) is 243 Å². The van der Waals surface area contributed by atoms with Crippen molar-refractivity contribution in [3.05, 3.63) is 23.2 Å². The zero-order valence-electron chi connectivity index (χ0n) is 60.5. The molecule has 0 atom stereocenters. The summed E-state index contributed by atoms with van der Waals surface area (Å²) in [5.74, 6) is 1.39. The molecule has 8 aliphatic heterocycles. The molecule has 2 N–H and O–H groups in total. The highest BCUT2D eigenvalue weighted by Gasteiger charge is 2.52. The molecule has 6 fully saturated rings. The van der Waals surface area contributed by atoms with E-state index in [1.807, 2.05) is 0 Å². The molecule has 0 aromatic heterocycles. The van der Waals surface area contributed by atoms with Crippen molar-refractivity contribution in [3.63, 3.8) is 0 Å². The van der Waals surface area contributed by atoms with Gasteiger partial charge in [0.1, 0.15) is 23.6 Å². The van der Waals surface area contributed by atoms with Crippen LogP contribution in [0.2, 0.25) is 0 Å². The maximum absolute atomic E-state index is 7.60. The lowest BCUT2D eigenvalue weighted by Crippen LogP contribution is -2.64. The number of hydrazone groups is 2. The number of hydrogen-bond acceptors (Lipinski definition) is 18. The van der Waals surface area contributed by atoms with Gasteiger partial charge in [-0.15, -0.1) is 10.2 Å². The zero-order valence-corrected chi connectivity index (χ0v) is 60.5. The van der Waals surface area contributed by atoms with Crippen LogP contribution >= 0.6 is 0 Å². The Morgan fingerprint density at radius 1 is 0.337 bits per heavy atom. The molecule has 18 heteroatoms. The fourth-order valence-electron chi connectivity index (χ4n) is 17.7. The van der Waals surface area contributed by atoms with Crippen LogP contribution in [0.15, 0.2) is 33.4 Å². The van der Waals surface area contributed by atoms with Crippen molar-refractivity contribution in [2.24, 2.45) is 10.2 Å². The second kappa shape index (κ2) is 22.9. The first-order valence-corrected chi connectivity index (χ1v) is 33.3.